The Morgan fingerprint density at radius 3 is 2.50 bits per heavy atom. The van der Waals surface area contributed by atoms with E-state index < -0.39 is 5.97 Å². The van der Waals surface area contributed by atoms with Crippen LogP contribution in [0.1, 0.15) is 23.6 Å². The number of primary amides is 1. The normalized spacial score (nSPS) is 12.6. The second kappa shape index (κ2) is 6.51. The number of rotatable bonds is 7. The van der Waals surface area contributed by atoms with Gasteiger partial charge < -0.3 is 16.2 Å². The largest absolute Gasteiger partial charge is 0.481 e. The van der Waals surface area contributed by atoms with Gasteiger partial charge in [0.05, 0.1) is 12.5 Å². The summed E-state index contributed by atoms with van der Waals surface area (Å²) < 4.78 is 0. The van der Waals surface area contributed by atoms with Crippen LogP contribution in [-0.4, -0.2) is 23.0 Å². The molecule has 6 heteroatoms. The maximum absolute atomic E-state index is 11.2. The molecular weight excluding hydrogens is 252 g/mol. The van der Waals surface area contributed by atoms with Crippen molar-refractivity contribution in [2.45, 2.75) is 32.9 Å². The molecule has 1 atom stereocenters. The van der Waals surface area contributed by atoms with Crippen molar-refractivity contribution in [3.05, 3.63) is 21.9 Å². The van der Waals surface area contributed by atoms with Gasteiger partial charge in [0.1, 0.15) is 0 Å². The molecule has 1 aromatic rings. The van der Waals surface area contributed by atoms with E-state index >= 15 is 0 Å². The third kappa shape index (κ3) is 4.46. The van der Waals surface area contributed by atoms with Crippen molar-refractivity contribution in [1.82, 2.24) is 5.32 Å². The zero-order valence-corrected chi connectivity index (χ0v) is 11.3. The van der Waals surface area contributed by atoms with Crippen LogP contribution in [0.15, 0.2) is 12.1 Å². The van der Waals surface area contributed by atoms with Crippen LogP contribution in [0, 0.1) is 5.92 Å². The molecule has 5 nitrogen and oxygen atoms in total. The average molecular weight is 270 g/mol. The highest BCUT2D eigenvalue weighted by molar-refractivity contribution is 7.12. The van der Waals surface area contributed by atoms with Gasteiger partial charge in [0.2, 0.25) is 5.91 Å². The van der Waals surface area contributed by atoms with Crippen LogP contribution in [-0.2, 0) is 22.6 Å². The Balaban J connectivity index is 2.54. The van der Waals surface area contributed by atoms with Crippen LogP contribution >= 0.6 is 11.3 Å². The molecule has 0 aliphatic carbocycles. The fraction of sp³-hybridized carbons (Fsp3) is 0.500. The molecule has 0 radical (unpaired) electrons. The van der Waals surface area contributed by atoms with E-state index in [1.54, 1.807) is 6.07 Å². The van der Waals surface area contributed by atoms with Crippen molar-refractivity contribution in [2.24, 2.45) is 11.7 Å². The number of nitrogens with two attached hydrogens (primary N) is 1. The van der Waals surface area contributed by atoms with Crippen molar-refractivity contribution in [1.29, 1.82) is 0 Å². The number of hydrogen-bond donors (Lipinski definition) is 3. The Labute approximate surface area is 110 Å². The van der Waals surface area contributed by atoms with Crippen LogP contribution in [0.5, 0.6) is 0 Å². The van der Waals surface area contributed by atoms with Crippen LogP contribution < -0.4 is 11.1 Å². The van der Waals surface area contributed by atoms with Gasteiger partial charge in [0.25, 0.3) is 0 Å². The van der Waals surface area contributed by atoms with E-state index in [1.165, 1.54) is 11.3 Å². The molecule has 0 aromatic carbocycles. The summed E-state index contributed by atoms with van der Waals surface area (Å²) in [5, 5.41) is 11.8. The van der Waals surface area contributed by atoms with Crippen LogP contribution in [0.2, 0.25) is 0 Å². The average Bonchev–Trinajstić information content (AvgIpc) is 2.63. The van der Waals surface area contributed by atoms with Gasteiger partial charge >= 0.3 is 5.97 Å². The lowest BCUT2D eigenvalue weighted by molar-refractivity contribution is -0.136. The highest BCUT2D eigenvalue weighted by atomic mass is 32.1. The Bertz CT molecular complexity index is 429. The van der Waals surface area contributed by atoms with Gasteiger partial charge in [-0.2, -0.15) is 0 Å². The molecule has 0 saturated carbocycles. The SMILES string of the molecule is CC(C)C(NCc1ccc(CC(=O)O)s1)C(N)=O. The standard InChI is InChI=1S/C12H18N2O3S/c1-7(2)11(12(13)17)14-6-9-4-3-8(18-9)5-10(15)16/h3-4,7,11,14H,5-6H2,1-2H3,(H2,13,17)(H,15,16). The number of carboxylic acids is 1. The minimum Gasteiger partial charge on any atom is -0.481 e. The Morgan fingerprint density at radius 1 is 1.39 bits per heavy atom. The van der Waals surface area contributed by atoms with Gasteiger partial charge in [-0.15, -0.1) is 11.3 Å². The second-order valence-electron chi connectivity index (χ2n) is 4.44. The molecule has 0 aliphatic heterocycles. The smallest absolute Gasteiger partial charge is 0.308 e. The molecule has 1 aromatic heterocycles. The van der Waals surface area contributed by atoms with Gasteiger partial charge in [0, 0.05) is 16.3 Å². The topological polar surface area (TPSA) is 92.4 Å². The summed E-state index contributed by atoms with van der Waals surface area (Å²) in [6.07, 6.45) is 0.0358. The number of aliphatic carboxylic acids is 1. The molecule has 18 heavy (non-hydrogen) atoms. The molecule has 0 aliphatic rings. The molecule has 0 bridgehead atoms. The van der Waals surface area contributed by atoms with Crippen molar-refractivity contribution < 1.29 is 14.7 Å². The molecule has 0 saturated heterocycles. The molecule has 100 valence electrons. The van der Waals surface area contributed by atoms with E-state index in [0.717, 1.165) is 9.75 Å². The van der Waals surface area contributed by atoms with E-state index in [4.69, 9.17) is 10.8 Å². The van der Waals surface area contributed by atoms with Crippen molar-refractivity contribution >= 4 is 23.2 Å². The summed E-state index contributed by atoms with van der Waals surface area (Å²) in [6.45, 7) is 4.37. The number of amides is 1. The van der Waals surface area contributed by atoms with E-state index in [2.05, 4.69) is 5.32 Å². The zero-order valence-electron chi connectivity index (χ0n) is 10.5. The lowest BCUT2D eigenvalue weighted by Gasteiger charge is -2.18. The molecule has 4 N–H and O–H groups in total. The Kier molecular flexibility index (Phi) is 5.30. The van der Waals surface area contributed by atoms with Crippen LogP contribution in [0.25, 0.3) is 0 Å². The van der Waals surface area contributed by atoms with Crippen LogP contribution in [0.4, 0.5) is 0 Å². The quantitative estimate of drug-likeness (QED) is 0.688. The molecular formula is C12H18N2O3S. The fourth-order valence-electron chi connectivity index (χ4n) is 1.64. The minimum absolute atomic E-state index is 0.0358. The van der Waals surface area contributed by atoms with E-state index in [0.29, 0.717) is 6.54 Å². The van der Waals surface area contributed by atoms with Crippen molar-refractivity contribution in [3.63, 3.8) is 0 Å². The molecule has 1 unspecified atom stereocenters. The van der Waals surface area contributed by atoms with Crippen molar-refractivity contribution in [3.8, 4) is 0 Å². The summed E-state index contributed by atoms with van der Waals surface area (Å²) in [5.74, 6) is -1.08. The lowest BCUT2D eigenvalue weighted by Crippen LogP contribution is -2.44. The van der Waals surface area contributed by atoms with Crippen molar-refractivity contribution in [2.75, 3.05) is 0 Å². The zero-order chi connectivity index (χ0) is 13.7. The number of hydrogen-bond acceptors (Lipinski definition) is 4. The molecule has 0 spiro atoms. The molecule has 1 rings (SSSR count). The van der Waals surface area contributed by atoms with Gasteiger partial charge in [-0.3, -0.25) is 9.59 Å². The predicted octanol–water partition coefficient (Wildman–Crippen LogP) is 0.975. The Hall–Kier alpha value is -1.40. The summed E-state index contributed by atoms with van der Waals surface area (Å²) >= 11 is 1.43. The third-order valence-corrected chi connectivity index (χ3v) is 3.60. The lowest BCUT2D eigenvalue weighted by atomic mass is 10.0. The molecule has 0 fully saturated rings. The number of carbonyl (C=O) groups excluding carboxylic acids is 1. The summed E-state index contributed by atoms with van der Waals surface area (Å²) in [7, 11) is 0. The minimum atomic E-state index is -0.839. The number of carboxylic acid groups (broad SMARTS) is 1. The number of carbonyl (C=O) groups is 2. The first-order valence-corrected chi connectivity index (χ1v) is 6.54. The maximum atomic E-state index is 11.2. The monoisotopic (exact) mass is 270 g/mol. The van der Waals surface area contributed by atoms with Gasteiger partial charge in [-0.05, 0) is 18.1 Å². The number of thiophene rings is 1. The van der Waals surface area contributed by atoms with E-state index in [9.17, 15) is 9.59 Å². The predicted molar refractivity (Wildman–Crippen MR) is 70.3 cm³/mol. The fourth-order valence-corrected chi connectivity index (χ4v) is 2.60. The van der Waals surface area contributed by atoms with E-state index in [1.807, 2.05) is 19.9 Å². The first-order valence-electron chi connectivity index (χ1n) is 5.72. The van der Waals surface area contributed by atoms with Gasteiger partial charge in [0.15, 0.2) is 0 Å². The summed E-state index contributed by atoms with van der Waals surface area (Å²) in [5.41, 5.74) is 5.30. The van der Waals surface area contributed by atoms with Gasteiger partial charge in [-0.25, -0.2) is 0 Å². The highest BCUT2D eigenvalue weighted by Crippen LogP contribution is 2.17. The van der Waals surface area contributed by atoms with E-state index in [-0.39, 0.29) is 24.3 Å². The molecule has 1 amide bonds. The third-order valence-electron chi connectivity index (χ3n) is 2.51. The van der Waals surface area contributed by atoms with Gasteiger partial charge in [-0.1, -0.05) is 13.8 Å². The Morgan fingerprint density at radius 2 is 2.00 bits per heavy atom. The maximum Gasteiger partial charge on any atom is 0.308 e. The first kappa shape index (κ1) is 14.7. The summed E-state index contributed by atoms with van der Waals surface area (Å²) in [6, 6.07) is 3.30. The molecule has 1 heterocycles. The van der Waals surface area contributed by atoms with Crippen LogP contribution in [0.3, 0.4) is 0 Å². The first-order chi connectivity index (χ1) is 8.40. The highest BCUT2D eigenvalue weighted by Gasteiger charge is 2.18. The summed E-state index contributed by atoms with van der Waals surface area (Å²) in [4.78, 5) is 23.6. The number of nitrogens with one attached hydrogen (secondary N) is 1. The second-order valence-corrected chi connectivity index (χ2v) is 5.70.